The van der Waals surface area contributed by atoms with E-state index >= 15 is 0 Å². The summed E-state index contributed by atoms with van der Waals surface area (Å²) in [4.78, 5) is 27.0. The average molecular weight is 615 g/mol. The highest BCUT2D eigenvalue weighted by Gasteiger charge is 2.33. The molecule has 8 nitrogen and oxygen atoms in total. The fraction of sp³-hybridized carbons (Fsp3) is 0.270. The van der Waals surface area contributed by atoms with Crippen LogP contribution < -0.4 is 16.4 Å². The van der Waals surface area contributed by atoms with Crippen molar-refractivity contribution in [2.24, 2.45) is 0 Å². The highest BCUT2D eigenvalue weighted by atomic mass is 16.4. The number of aromatic nitrogens is 4. The molecule has 0 unspecified atom stereocenters. The van der Waals surface area contributed by atoms with Gasteiger partial charge in [0.15, 0.2) is 11.4 Å². The molecule has 0 saturated carbocycles. The lowest BCUT2D eigenvalue weighted by molar-refractivity contribution is 0.0685. The molecule has 0 aliphatic heterocycles. The first-order chi connectivity index (χ1) is 21.6. The van der Waals surface area contributed by atoms with Crippen molar-refractivity contribution in [1.29, 1.82) is 0 Å². The van der Waals surface area contributed by atoms with Crippen LogP contribution in [0.3, 0.4) is 0 Å². The Balaban J connectivity index is 1.75. The minimum atomic E-state index is -1.33. The van der Waals surface area contributed by atoms with E-state index in [2.05, 4.69) is 109 Å². The molecule has 0 atom stereocenters. The molecular weight excluding hydrogens is 575 g/mol. The second kappa shape index (κ2) is 12.0. The second-order valence-corrected chi connectivity index (χ2v) is 12.6. The van der Waals surface area contributed by atoms with Crippen molar-refractivity contribution in [3.63, 3.8) is 0 Å². The molecule has 0 fully saturated rings. The number of hydrogen-bond donors (Lipinski definition) is 2. The number of hydrogen-bond acceptors (Lipinski definition) is 5. The Morgan fingerprint density at radius 1 is 0.609 bits per heavy atom. The monoisotopic (exact) mass is 614 g/mol. The van der Waals surface area contributed by atoms with Crippen LogP contribution in [0.4, 0.5) is 0 Å². The number of pyridine rings is 1. The number of carboxylic acid groups (broad SMARTS) is 2. The predicted molar refractivity (Wildman–Crippen MR) is 183 cm³/mol. The summed E-state index contributed by atoms with van der Waals surface area (Å²) in [6.45, 7) is 21.7. The molecule has 2 heterocycles. The second-order valence-electron chi connectivity index (χ2n) is 12.6. The number of aromatic carboxylic acids is 2. The van der Waals surface area contributed by atoms with Gasteiger partial charge in [0.05, 0.1) is 11.9 Å². The van der Waals surface area contributed by atoms with Gasteiger partial charge in [-0.1, -0.05) is 90.4 Å². The summed E-state index contributed by atoms with van der Waals surface area (Å²) in [6, 6.07) is 11.7. The van der Waals surface area contributed by atoms with Crippen molar-refractivity contribution < 1.29 is 19.8 Å². The summed E-state index contributed by atoms with van der Waals surface area (Å²) in [7, 11) is 0. The van der Waals surface area contributed by atoms with E-state index in [1.54, 1.807) is 6.20 Å². The van der Waals surface area contributed by atoms with Gasteiger partial charge in [-0.25, -0.2) is 19.3 Å². The Hall–Kier alpha value is -5.05. The van der Waals surface area contributed by atoms with Gasteiger partial charge in [-0.3, -0.25) is 0 Å². The van der Waals surface area contributed by atoms with E-state index in [9.17, 15) is 19.8 Å². The predicted octanol–water partition coefficient (Wildman–Crippen LogP) is 5.33. The maximum atomic E-state index is 11.7. The van der Waals surface area contributed by atoms with E-state index in [1.807, 2.05) is 0 Å². The molecule has 5 aromatic rings. The molecule has 0 saturated heterocycles. The van der Waals surface area contributed by atoms with Crippen molar-refractivity contribution in [1.82, 2.24) is 20.0 Å². The first kappa shape index (κ1) is 32.4. The van der Waals surface area contributed by atoms with Crippen LogP contribution in [0.5, 0.6) is 0 Å². The van der Waals surface area contributed by atoms with Gasteiger partial charge in [0.1, 0.15) is 5.69 Å². The molecular formula is C37H39BN4O4. The van der Waals surface area contributed by atoms with Crippen molar-refractivity contribution in [3.05, 3.63) is 110 Å². The van der Waals surface area contributed by atoms with Gasteiger partial charge in [0, 0.05) is 5.56 Å². The molecule has 0 spiro atoms. The van der Waals surface area contributed by atoms with Crippen LogP contribution in [0.2, 0.25) is 0 Å². The molecule has 0 aliphatic carbocycles. The van der Waals surface area contributed by atoms with Gasteiger partial charge in [-0.2, -0.15) is 0 Å². The lowest BCUT2D eigenvalue weighted by Crippen LogP contribution is -2.57. The van der Waals surface area contributed by atoms with Crippen LogP contribution in [-0.2, 0) is 0 Å². The third-order valence-electron chi connectivity index (χ3n) is 9.29. The van der Waals surface area contributed by atoms with E-state index in [-0.39, 0.29) is 23.8 Å². The zero-order valence-electron chi connectivity index (χ0n) is 28.1. The highest BCUT2D eigenvalue weighted by molar-refractivity contribution is 6.97. The minimum Gasteiger partial charge on any atom is -0.477 e. The normalized spacial score (nSPS) is 11.2. The minimum absolute atomic E-state index is 0.0176. The molecule has 2 N–H and O–H groups in total. The van der Waals surface area contributed by atoms with E-state index in [0.717, 1.165) is 16.7 Å². The van der Waals surface area contributed by atoms with E-state index in [0.29, 0.717) is 5.69 Å². The number of benzene rings is 3. The molecule has 3 aromatic carbocycles. The fourth-order valence-electron chi connectivity index (χ4n) is 7.26. The van der Waals surface area contributed by atoms with Crippen molar-refractivity contribution >= 4 is 35.0 Å². The fourth-order valence-corrected chi connectivity index (χ4v) is 7.26. The molecule has 46 heavy (non-hydrogen) atoms. The van der Waals surface area contributed by atoms with Crippen LogP contribution >= 0.6 is 0 Å². The number of carbonyl (C=O) groups is 2. The topological polar surface area (TPSA) is 118 Å². The molecule has 0 amide bonds. The van der Waals surface area contributed by atoms with Crippen LogP contribution in [0.25, 0.3) is 16.9 Å². The van der Waals surface area contributed by atoms with Crippen molar-refractivity contribution in [3.8, 4) is 16.9 Å². The van der Waals surface area contributed by atoms with Crippen LogP contribution in [0, 0.1) is 69.2 Å². The number of carboxylic acids is 2. The molecule has 0 bridgehead atoms. The zero-order chi connectivity index (χ0) is 33.8. The third kappa shape index (κ3) is 5.62. The lowest BCUT2D eigenvalue weighted by Gasteiger charge is -2.29. The van der Waals surface area contributed by atoms with Gasteiger partial charge in [0.2, 0.25) is 6.71 Å². The lowest BCUT2D eigenvalue weighted by atomic mass is 9.32. The summed E-state index contributed by atoms with van der Waals surface area (Å²) in [5, 5.41) is 27.8. The van der Waals surface area contributed by atoms with Gasteiger partial charge >= 0.3 is 11.9 Å². The van der Waals surface area contributed by atoms with Crippen LogP contribution in [0.15, 0.2) is 42.6 Å². The molecule has 5 rings (SSSR count). The molecule has 0 radical (unpaired) electrons. The SMILES string of the molecule is Cc1cc(C)c(B(c2c(C)cc(C)cc2C)c2c(C)c(C)c(-c3cn(-c4cc(C(=O)O)nc(C(=O)O)c4)nn3)c(C)c2C)c(C)c1. The number of nitrogens with zero attached hydrogens (tertiary/aromatic N) is 4. The van der Waals surface area contributed by atoms with Gasteiger partial charge in [-0.15, -0.1) is 5.10 Å². The van der Waals surface area contributed by atoms with Gasteiger partial charge < -0.3 is 10.2 Å². The third-order valence-corrected chi connectivity index (χ3v) is 9.29. The summed E-state index contributed by atoms with van der Waals surface area (Å²) in [5.74, 6) is -2.66. The van der Waals surface area contributed by atoms with Crippen LogP contribution in [-0.4, -0.2) is 48.8 Å². The van der Waals surface area contributed by atoms with Crippen LogP contribution in [0.1, 0.15) is 76.6 Å². The Morgan fingerprint density at radius 3 is 1.41 bits per heavy atom. The Morgan fingerprint density at radius 2 is 1.02 bits per heavy atom. The summed E-state index contributed by atoms with van der Waals surface area (Å²) >= 11 is 0. The van der Waals surface area contributed by atoms with Crippen molar-refractivity contribution in [2.75, 3.05) is 0 Å². The Kier molecular flexibility index (Phi) is 8.47. The standard InChI is InChI=1S/C37H39BN4O4/c1-18-11-20(3)33(21(4)12-18)38(34-22(5)13-19(2)14-23(34)6)35-26(9)24(7)32(25(8)27(35)10)31-17-42(41-40-31)28-15-29(36(43)44)39-30(16-28)37(45)46/h11-17H,1-10H3,(H,43,44)(H,45,46). The molecule has 0 aliphatic rings. The maximum absolute atomic E-state index is 11.7. The summed E-state index contributed by atoms with van der Waals surface area (Å²) < 4.78 is 1.40. The first-order valence-electron chi connectivity index (χ1n) is 15.3. The van der Waals surface area contributed by atoms with Gasteiger partial charge in [0.25, 0.3) is 0 Å². The Labute approximate surface area is 270 Å². The first-order valence-corrected chi connectivity index (χ1v) is 15.3. The smallest absolute Gasteiger partial charge is 0.354 e. The molecule has 234 valence electrons. The largest absolute Gasteiger partial charge is 0.477 e. The average Bonchev–Trinajstić information content (AvgIpc) is 3.44. The highest BCUT2D eigenvalue weighted by Crippen LogP contribution is 2.31. The van der Waals surface area contributed by atoms with E-state index in [4.69, 9.17) is 0 Å². The molecule has 2 aromatic heterocycles. The van der Waals surface area contributed by atoms with Crippen molar-refractivity contribution in [2.45, 2.75) is 69.2 Å². The van der Waals surface area contributed by atoms with E-state index < -0.39 is 11.9 Å². The van der Waals surface area contributed by atoms with Gasteiger partial charge in [-0.05, 0) is 92.5 Å². The zero-order valence-corrected chi connectivity index (χ0v) is 28.1. The van der Waals surface area contributed by atoms with E-state index in [1.165, 1.54) is 77.7 Å². The quantitative estimate of drug-likeness (QED) is 0.238. The maximum Gasteiger partial charge on any atom is 0.354 e. The summed E-state index contributed by atoms with van der Waals surface area (Å²) in [6.07, 6.45) is 1.71. The number of rotatable bonds is 7. The molecule has 9 heteroatoms. The summed E-state index contributed by atoms with van der Waals surface area (Å²) in [5.41, 5.74) is 17.0. The Bertz CT molecular complexity index is 1910. The number of aryl methyl sites for hydroxylation is 6.